The van der Waals surface area contributed by atoms with E-state index in [-0.39, 0.29) is 34.8 Å². The van der Waals surface area contributed by atoms with Crippen LogP contribution in [0.5, 0.6) is 11.5 Å². The summed E-state index contributed by atoms with van der Waals surface area (Å²) in [4.78, 5) is 0. The number of alkyl halides is 3. The summed E-state index contributed by atoms with van der Waals surface area (Å²) in [5.41, 5.74) is 0.565. The van der Waals surface area contributed by atoms with Crippen LogP contribution in [-0.2, 0) is 0 Å². The summed E-state index contributed by atoms with van der Waals surface area (Å²) < 4.78 is 60.6. The van der Waals surface area contributed by atoms with Crippen LogP contribution in [0, 0.1) is 11.7 Å². The van der Waals surface area contributed by atoms with Gasteiger partial charge in [0.2, 0.25) is 0 Å². The summed E-state index contributed by atoms with van der Waals surface area (Å²) in [6.07, 6.45) is -5.30. The SMILES string of the molecule is Cl.Fc1cc(C(Oc2cccc(OC(F)(F)F)c2)C2CNC2)ccc1Cl. The summed E-state index contributed by atoms with van der Waals surface area (Å²) in [5.74, 6) is -0.686. The summed E-state index contributed by atoms with van der Waals surface area (Å²) in [6.45, 7) is 1.32. The van der Waals surface area contributed by atoms with E-state index in [9.17, 15) is 17.6 Å². The molecule has 2 aromatic carbocycles. The molecule has 1 aliphatic rings. The highest BCUT2D eigenvalue weighted by atomic mass is 35.5. The molecule has 1 atom stereocenters. The zero-order valence-electron chi connectivity index (χ0n) is 13.2. The van der Waals surface area contributed by atoms with Crippen molar-refractivity contribution in [2.45, 2.75) is 12.5 Å². The van der Waals surface area contributed by atoms with Crippen molar-refractivity contribution in [3.8, 4) is 11.5 Å². The van der Waals surface area contributed by atoms with E-state index in [1.807, 2.05) is 0 Å². The molecule has 0 amide bonds. The number of hydrogen-bond acceptors (Lipinski definition) is 3. The van der Waals surface area contributed by atoms with Crippen LogP contribution in [0.15, 0.2) is 42.5 Å². The lowest BCUT2D eigenvalue weighted by Crippen LogP contribution is -2.46. The van der Waals surface area contributed by atoms with Gasteiger partial charge in [-0.2, -0.15) is 0 Å². The summed E-state index contributed by atoms with van der Waals surface area (Å²) in [5, 5.41) is 3.09. The average molecular weight is 412 g/mol. The lowest BCUT2D eigenvalue weighted by atomic mass is 9.90. The van der Waals surface area contributed by atoms with Crippen molar-refractivity contribution in [1.29, 1.82) is 0 Å². The van der Waals surface area contributed by atoms with Gasteiger partial charge < -0.3 is 14.8 Å². The van der Waals surface area contributed by atoms with Crippen LogP contribution in [0.2, 0.25) is 5.02 Å². The highest BCUT2D eigenvalue weighted by Crippen LogP contribution is 2.34. The molecule has 1 heterocycles. The average Bonchev–Trinajstić information content (AvgIpc) is 2.46. The molecule has 2 aromatic rings. The lowest BCUT2D eigenvalue weighted by molar-refractivity contribution is -0.274. The Morgan fingerprint density at radius 2 is 1.77 bits per heavy atom. The molecule has 1 unspecified atom stereocenters. The first-order valence-electron chi connectivity index (χ1n) is 7.50. The Morgan fingerprint density at radius 1 is 1.08 bits per heavy atom. The minimum atomic E-state index is -4.78. The summed E-state index contributed by atoms with van der Waals surface area (Å²) in [6, 6.07) is 9.61. The Morgan fingerprint density at radius 3 is 2.35 bits per heavy atom. The molecule has 142 valence electrons. The number of halogens is 6. The molecule has 1 fully saturated rings. The van der Waals surface area contributed by atoms with Crippen LogP contribution in [0.1, 0.15) is 11.7 Å². The second kappa shape index (κ2) is 8.33. The van der Waals surface area contributed by atoms with Crippen LogP contribution >= 0.6 is 24.0 Å². The van der Waals surface area contributed by atoms with Crippen LogP contribution < -0.4 is 14.8 Å². The molecule has 0 spiro atoms. The number of hydrogen-bond donors (Lipinski definition) is 1. The maximum Gasteiger partial charge on any atom is 0.573 e. The van der Waals surface area contributed by atoms with E-state index in [0.717, 1.165) is 6.07 Å². The predicted molar refractivity (Wildman–Crippen MR) is 91.5 cm³/mol. The molecule has 9 heteroatoms. The van der Waals surface area contributed by atoms with Crippen LogP contribution in [0.25, 0.3) is 0 Å². The van der Waals surface area contributed by atoms with E-state index in [2.05, 4.69) is 10.1 Å². The minimum Gasteiger partial charge on any atom is -0.485 e. The second-order valence-corrected chi connectivity index (χ2v) is 6.06. The Kier molecular flexibility index (Phi) is 6.60. The molecule has 1 aliphatic heterocycles. The van der Waals surface area contributed by atoms with Crippen molar-refractivity contribution in [2.24, 2.45) is 5.92 Å². The fourth-order valence-electron chi connectivity index (χ4n) is 2.54. The van der Waals surface area contributed by atoms with Gasteiger partial charge in [-0.25, -0.2) is 4.39 Å². The number of rotatable bonds is 5. The predicted octanol–water partition coefficient (Wildman–Crippen LogP) is 5.14. The van der Waals surface area contributed by atoms with E-state index in [1.165, 1.54) is 30.3 Å². The molecular formula is C17H15Cl2F4NO2. The Labute approximate surface area is 158 Å². The summed E-state index contributed by atoms with van der Waals surface area (Å²) in [7, 11) is 0. The third kappa shape index (κ3) is 5.16. The van der Waals surface area contributed by atoms with Gasteiger partial charge in [0, 0.05) is 25.1 Å². The van der Waals surface area contributed by atoms with Gasteiger partial charge in [0.25, 0.3) is 0 Å². The maximum atomic E-state index is 13.8. The van der Waals surface area contributed by atoms with Crippen molar-refractivity contribution in [3.63, 3.8) is 0 Å². The molecule has 1 N–H and O–H groups in total. The molecular weight excluding hydrogens is 397 g/mol. The molecule has 0 saturated carbocycles. The molecule has 26 heavy (non-hydrogen) atoms. The topological polar surface area (TPSA) is 30.5 Å². The van der Waals surface area contributed by atoms with Crippen molar-refractivity contribution in [3.05, 3.63) is 58.9 Å². The standard InChI is InChI=1S/C17H14ClF4NO2.ClH/c18-14-5-4-10(6-15(14)19)16(11-8-23-9-11)24-12-2-1-3-13(7-12)25-17(20,21)22;/h1-7,11,16,23H,8-9H2;1H. The van der Waals surface area contributed by atoms with Crippen molar-refractivity contribution in [2.75, 3.05) is 13.1 Å². The third-order valence-corrected chi connectivity index (χ3v) is 4.12. The van der Waals surface area contributed by atoms with Gasteiger partial charge in [-0.3, -0.25) is 0 Å². The van der Waals surface area contributed by atoms with Gasteiger partial charge in [0.15, 0.2) is 0 Å². The monoisotopic (exact) mass is 411 g/mol. The Bertz CT molecular complexity index is 754. The molecule has 0 radical (unpaired) electrons. The van der Waals surface area contributed by atoms with Crippen LogP contribution in [0.3, 0.4) is 0 Å². The fourth-order valence-corrected chi connectivity index (χ4v) is 2.66. The van der Waals surface area contributed by atoms with Gasteiger partial charge in [0.1, 0.15) is 23.4 Å². The quantitative estimate of drug-likeness (QED) is 0.691. The number of ether oxygens (including phenoxy) is 2. The van der Waals surface area contributed by atoms with Gasteiger partial charge >= 0.3 is 6.36 Å². The van der Waals surface area contributed by atoms with Crippen molar-refractivity contribution >= 4 is 24.0 Å². The zero-order chi connectivity index (χ0) is 18.0. The van der Waals surface area contributed by atoms with Gasteiger partial charge in [-0.05, 0) is 29.8 Å². The molecule has 0 aliphatic carbocycles. The fraction of sp³-hybridized carbons (Fsp3) is 0.294. The van der Waals surface area contributed by atoms with E-state index in [0.29, 0.717) is 18.7 Å². The Balaban J connectivity index is 0.00000243. The first-order valence-corrected chi connectivity index (χ1v) is 7.88. The third-order valence-electron chi connectivity index (χ3n) is 3.82. The highest BCUT2D eigenvalue weighted by Gasteiger charge is 2.32. The molecule has 0 aromatic heterocycles. The first kappa shape index (κ1) is 20.6. The van der Waals surface area contributed by atoms with E-state index < -0.39 is 18.3 Å². The molecule has 0 bridgehead atoms. The van der Waals surface area contributed by atoms with Gasteiger partial charge in [-0.15, -0.1) is 25.6 Å². The molecule has 3 rings (SSSR count). The van der Waals surface area contributed by atoms with Crippen LogP contribution in [-0.4, -0.2) is 19.5 Å². The van der Waals surface area contributed by atoms with Gasteiger partial charge in [-0.1, -0.05) is 23.7 Å². The van der Waals surface area contributed by atoms with Crippen LogP contribution in [0.4, 0.5) is 17.6 Å². The second-order valence-electron chi connectivity index (χ2n) is 5.65. The molecule has 3 nitrogen and oxygen atoms in total. The zero-order valence-corrected chi connectivity index (χ0v) is 14.8. The van der Waals surface area contributed by atoms with E-state index >= 15 is 0 Å². The minimum absolute atomic E-state index is 0. The molecule has 1 saturated heterocycles. The first-order chi connectivity index (χ1) is 11.8. The van der Waals surface area contributed by atoms with Gasteiger partial charge in [0.05, 0.1) is 5.02 Å². The lowest BCUT2D eigenvalue weighted by Gasteiger charge is -2.35. The smallest absolute Gasteiger partial charge is 0.485 e. The normalized spacial score (nSPS) is 15.6. The maximum absolute atomic E-state index is 13.8. The van der Waals surface area contributed by atoms with E-state index in [4.69, 9.17) is 16.3 Å². The highest BCUT2D eigenvalue weighted by molar-refractivity contribution is 6.30. The largest absolute Gasteiger partial charge is 0.573 e. The Hall–Kier alpha value is -1.70. The number of nitrogens with one attached hydrogen (secondary N) is 1. The van der Waals surface area contributed by atoms with Crippen molar-refractivity contribution < 1.29 is 27.0 Å². The van der Waals surface area contributed by atoms with E-state index in [1.54, 1.807) is 6.07 Å². The van der Waals surface area contributed by atoms with Crippen molar-refractivity contribution in [1.82, 2.24) is 5.32 Å². The summed E-state index contributed by atoms with van der Waals surface area (Å²) >= 11 is 5.70. The number of benzene rings is 2.